The van der Waals surface area contributed by atoms with Gasteiger partial charge in [0.1, 0.15) is 0 Å². The zero-order valence-electron chi connectivity index (χ0n) is 8.47. The van der Waals surface area contributed by atoms with Crippen LogP contribution in [0.25, 0.3) is 0 Å². The molecule has 1 nitrogen and oxygen atoms in total. The van der Waals surface area contributed by atoms with Gasteiger partial charge < -0.3 is 5.73 Å². The quantitative estimate of drug-likeness (QED) is 0.735. The largest absolute Gasteiger partial charge is 0.327 e. The summed E-state index contributed by atoms with van der Waals surface area (Å²) in [5.41, 5.74) is 6.07. The number of nitrogens with two attached hydrogens (primary N) is 1. The van der Waals surface area contributed by atoms with Gasteiger partial charge in [-0.3, -0.25) is 0 Å². The molecule has 2 heteroatoms. The van der Waals surface area contributed by atoms with Gasteiger partial charge in [0.15, 0.2) is 0 Å². The molecule has 0 radical (unpaired) electrons. The standard InChI is InChI=1S/C10H21NS/c1-10(2,3)12-7-9(11)8-5-4-6-8/h8-9H,4-7,11H2,1-3H3. The zero-order valence-corrected chi connectivity index (χ0v) is 9.29. The molecule has 1 unspecified atom stereocenters. The lowest BCUT2D eigenvalue weighted by Crippen LogP contribution is -2.37. The van der Waals surface area contributed by atoms with Crippen molar-refractivity contribution >= 4 is 11.8 Å². The van der Waals surface area contributed by atoms with Crippen LogP contribution in [0.2, 0.25) is 0 Å². The fourth-order valence-corrected chi connectivity index (χ4v) is 2.31. The Morgan fingerprint density at radius 2 is 2.00 bits per heavy atom. The highest BCUT2D eigenvalue weighted by atomic mass is 32.2. The van der Waals surface area contributed by atoms with Crippen molar-refractivity contribution in [2.75, 3.05) is 5.75 Å². The van der Waals surface area contributed by atoms with Crippen molar-refractivity contribution in [1.82, 2.24) is 0 Å². The van der Waals surface area contributed by atoms with E-state index in [0.29, 0.717) is 10.8 Å². The minimum atomic E-state index is 0.376. The van der Waals surface area contributed by atoms with Crippen LogP contribution in [0.5, 0.6) is 0 Å². The molecule has 0 amide bonds. The van der Waals surface area contributed by atoms with Crippen molar-refractivity contribution < 1.29 is 0 Å². The molecule has 1 fully saturated rings. The van der Waals surface area contributed by atoms with Gasteiger partial charge in [0.25, 0.3) is 0 Å². The van der Waals surface area contributed by atoms with E-state index in [2.05, 4.69) is 20.8 Å². The predicted octanol–water partition coefficient (Wildman–Crippen LogP) is 2.65. The molecule has 1 atom stereocenters. The van der Waals surface area contributed by atoms with Crippen molar-refractivity contribution in [3.05, 3.63) is 0 Å². The van der Waals surface area contributed by atoms with Crippen LogP contribution < -0.4 is 5.73 Å². The molecule has 0 aromatic heterocycles. The van der Waals surface area contributed by atoms with Gasteiger partial charge in [0.2, 0.25) is 0 Å². The molecule has 0 saturated heterocycles. The van der Waals surface area contributed by atoms with E-state index in [1.807, 2.05) is 11.8 Å². The first-order valence-electron chi connectivity index (χ1n) is 4.88. The van der Waals surface area contributed by atoms with Gasteiger partial charge in [-0.2, -0.15) is 11.8 Å². The van der Waals surface area contributed by atoms with Gasteiger partial charge in [0, 0.05) is 16.5 Å². The lowest BCUT2D eigenvalue weighted by molar-refractivity contribution is 0.276. The molecule has 2 N–H and O–H groups in total. The van der Waals surface area contributed by atoms with Crippen LogP contribution in [-0.2, 0) is 0 Å². The first-order valence-corrected chi connectivity index (χ1v) is 5.87. The fraction of sp³-hybridized carbons (Fsp3) is 1.00. The Morgan fingerprint density at radius 1 is 1.42 bits per heavy atom. The molecule has 0 aromatic carbocycles. The summed E-state index contributed by atoms with van der Waals surface area (Å²) in [5.74, 6) is 1.97. The highest BCUT2D eigenvalue weighted by Gasteiger charge is 2.25. The van der Waals surface area contributed by atoms with Crippen molar-refractivity contribution in [1.29, 1.82) is 0 Å². The Morgan fingerprint density at radius 3 is 2.33 bits per heavy atom. The Kier molecular flexibility index (Phi) is 3.47. The molecular weight excluding hydrogens is 166 g/mol. The third-order valence-electron chi connectivity index (χ3n) is 2.46. The van der Waals surface area contributed by atoms with E-state index in [0.717, 1.165) is 11.7 Å². The minimum Gasteiger partial charge on any atom is -0.327 e. The van der Waals surface area contributed by atoms with Crippen LogP contribution in [0, 0.1) is 5.92 Å². The molecule has 0 heterocycles. The summed E-state index contributed by atoms with van der Waals surface area (Å²) in [5, 5.41) is 0. The third-order valence-corrected chi connectivity index (χ3v) is 3.88. The maximum absolute atomic E-state index is 6.07. The van der Waals surface area contributed by atoms with Gasteiger partial charge >= 0.3 is 0 Å². The molecule has 0 bridgehead atoms. The lowest BCUT2D eigenvalue weighted by atomic mass is 9.81. The topological polar surface area (TPSA) is 26.0 Å². The molecule has 1 rings (SSSR count). The summed E-state index contributed by atoms with van der Waals surface area (Å²) in [6, 6.07) is 0.447. The maximum atomic E-state index is 6.07. The summed E-state index contributed by atoms with van der Waals surface area (Å²) in [6.07, 6.45) is 4.14. The van der Waals surface area contributed by atoms with Gasteiger partial charge in [-0.25, -0.2) is 0 Å². The van der Waals surface area contributed by atoms with Crippen LogP contribution in [-0.4, -0.2) is 16.5 Å². The van der Waals surface area contributed by atoms with Crippen LogP contribution >= 0.6 is 11.8 Å². The summed E-state index contributed by atoms with van der Waals surface area (Å²) in [4.78, 5) is 0. The van der Waals surface area contributed by atoms with Gasteiger partial charge in [-0.1, -0.05) is 27.2 Å². The zero-order chi connectivity index (χ0) is 9.19. The first-order chi connectivity index (χ1) is 5.49. The van der Waals surface area contributed by atoms with E-state index in [1.54, 1.807) is 0 Å². The van der Waals surface area contributed by atoms with E-state index in [4.69, 9.17) is 5.73 Å². The van der Waals surface area contributed by atoms with Crippen LogP contribution in [0.15, 0.2) is 0 Å². The summed E-state index contributed by atoms with van der Waals surface area (Å²) < 4.78 is 0.376. The normalized spacial score (nSPS) is 22.0. The van der Waals surface area contributed by atoms with E-state index < -0.39 is 0 Å². The molecule has 1 saturated carbocycles. The van der Waals surface area contributed by atoms with Gasteiger partial charge in [-0.05, 0) is 18.8 Å². The SMILES string of the molecule is CC(C)(C)SCC(N)C1CCC1. The second kappa shape index (κ2) is 4.01. The molecule has 72 valence electrons. The highest BCUT2D eigenvalue weighted by molar-refractivity contribution is 8.00. The smallest absolute Gasteiger partial charge is 0.0159 e. The minimum absolute atomic E-state index is 0.376. The summed E-state index contributed by atoms with van der Waals surface area (Å²) in [7, 11) is 0. The van der Waals surface area contributed by atoms with Crippen molar-refractivity contribution in [2.45, 2.75) is 50.8 Å². The third kappa shape index (κ3) is 3.36. The Bertz CT molecular complexity index is 135. The van der Waals surface area contributed by atoms with E-state index in [1.165, 1.54) is 19.3 Å². The van der Waals surface area contributed by atoms with Crippen LogP contribution in [0.1, 0.15) is 40.0 Å². The number of thioether (sulfide) groups is 1. The molecule has 0 aromatic rings. The van der Waals surface area contributed by atoms with E-state index in [9.17, 15) is 0 Å². The molecule has 0 aliphatic heterocycles. The lowest BCUT2D eigenvalue weighted by Gasteiger charge is -2.32. The number of hydrogen-bond donors (Lipinski definition) is 1. The number of hydrogen-bond acceptors (Lipinski definition) is 2. The number of rotatable bonds is 3. The summed E-state index contributed by atoms with van der Waals surface area (Å²) >= 11 is 1.99. The molecule has 12 heavy (non-hydrogen) atoms. The predicted molar refractivity (Wildman–Crippen MR) is 57.5 cm³/mol. The average molecular weight is 187 g/mol. The second-order valence-corrected chi connectivity index (χ2v) is 6.62. The Labute approximate surface area is 80.5 Å². The molecule has 1 aliphatic rings. The average Bonchev–Trinajstić information content (AvgIpc) is 1.78. The summed E-state index contributed by atoms with van der Waals surface area (Å²) in [6.45, 7) is 6.77. The van der Waals surface area contributed by atoms with Crippen molar-refractivity contribution in [2.24, 2.45) is 11.7 Å². The first kappa shape index (κ1) is 10.4. The maximum Gasteiger partial charge on any atom is 0.0159 e. The van der Waals surface area contributed by atoms with Crippen molar-refractivity contribution in [3.63, 3.8) is 0 Å². The molecular formula is C10H21NS. The Balaban J connectivity index is 2.13. The highest BCUT2D eigenvalue weighted by Crippen LogP contribution is 2.32. The van der Waals surface area contributed by atoms with E-state index in [-0.39, 0.29) is 0 Å². The van der Waals surface area contributed by atoms with Crippen LogP contribution in [0.3, 0.4) is 0 Å². The molecule has 1 aliphatic carbocycles. The van der Waals surface area contributed by atoms with Crippen LogP contribution in [0.4, 0.5) is 0 Å². The van der Waals surface area contributed by atoms with Crippen molar-refractivity contribution in [3.8, 4) is 0 Å². The van der Waals surface area contributed by atoms with Gasteiger partial charge in [0.05, 0.1) is 0 Å². The van der Waals surface area contributed by atoms with Gasteiger partial charge in [-0.15, -0.1) is 0 Å². The van der Waals surface area contributed by atoms with E-state index >= 15 is 0 Å². The Hall–Kier alpha value is 0.310. The monoisotopic (exact) mass is 187 g/mol. The fourth-order valence-electron chi connectivity index (χ4n) is 1.35. The second-order valence-electron chi connectivity index (χ2n) is 4.78. The molecule has 0 spiro atoms.